The van der Waals surface area contributed by atoms with Crippen LogP contribution in [0.3, 0.4) is 0 Å². The number of hydrogen-bond acceptors (Lipinski definition) is 1. The van der Waals surface area contributed by atoms with Gasteiger partial charge in [0, 0.05) is 0 Å². The summed E-state index contributed by atoms with van der Waals surface area (Å²) in [5.41, 5.74) is 0.00981. The average Bonchev–Trinajstić information content (AvgIpc) is 2.00. The van der Waals surface area contributed by atoms with Crippen molar-refractivity contribution in [3.05, 3.63) is 34.9 Å². The number of hydrogen-bond donors (Lipinski definition) is 0. The highest BCUT2D eigenvalue weighted by Crippen LogP contribution is 2.15. The van der Waals surface area contributed by atoms with E-state index < -0.39 is 17.4 Å². The molecular weight excluding hydrogens is 162 g/mol. The summed E-state index contributed by atoms with van der Waals surface area (Å²) in [6, 6.07) is 2.67. The summed E-state index contributed by atoms with van der Waals surface area (Å²) >= 11 is 0. The summed E-state index contributed by atoms with van der Waals surface area (Å²) in [5.74, 6) is -2.46. The minimum absolute atomic E-state index is 0.196. The van der Waals surface area contributed by atoms with Gasteiger partial charge in [0.1, 0.15) is 0 Å². The lowest BCUT2D eigenvalue weighted by Crippen LogP contribution is -2.01. The maximum Gasteiger partial charge on any atom is 0.169 e. The van der Waals surface area contributed by atoms with Gasteiger partial charge in [-0.05, 0) is 25.5 Å². The van der Waals surface area contributed by atoms with Gasteiger partial charge in [-0.3, -0.25) is 4.79 Å². The molecule has 0 aromatic heterocycles. The van der Waals surface area contributed by atoms with E-state index in [1.807, 2.05) is 0 Å². The lowest BCUT2D eigenvalue weighted by Gasteiger charge is -2.01. The summed E-state index contributed by atoms with van der Waals surface area (Å²) < 4.78 is 25.7. The van der Waals surface area contributed by atoms with Crippen LogP contribution in [0, 0.1) is 18.6 Å². The number of benzene rings is 1. The van der Waals surface area contributed by atoms with Crippen LogP contribution in [-0.2, 0) is 0 Å². The molecular formula is C9H8F2O. The van der Waals surface area contributed by atoms with Crippen LogP contribution in [0.15, 0.2) is 12.1 Å². The first kappa shape index (κ1) is 8.84. The zero-order valence-electron chi connectivity index (χ0n) is 6.82. The van der Waals surface area contributed by atoms with Crippen LogP contribution in [-0.4, -0.2) is 5.78 Å². The molecule has 0 radical (unpaired) electrons. The zero-order valence-corrected chi connectivity index (χ0v) is 6.82. The molecule has 3 heteroatoms. The first-order valence-corrected chi connectivity index (χ1v) is 3.49. The number of Topliss-reactive ketones (excluding diaryl/α,β-unsaturated/α-hetero) is 1. The van der Waals surface area contributed by atoms with Gasteiger partial charge in [-0.1, -0.05) is 6.07 Å². The van der Waals surface area contributed by atoms with E-state index in [1.165, 1.54) is 26.0 Å². The number of carbonyl (C=O) groups is 1. The number of halogens is 2. The van der Waals surface area contributed by atoms with Crippen molar-refractivity contribution in [3.63, 3.8) is 0 Å². The third-order valence-electron chi connectivity index (χ3n) is 1.65. The van der Waals surface area contributed by atoms with Crippen molar-refractivity contribution in [1.29, 1.82) is 0 Å². The Morgan fingerprint density at radius 3 is 2.33 bits per heavy atom. The third kappa shape index (κ3) is 1.35. The Morgan fingerprint density at radius 1 is 1.25 bits per heavy atom. The van der Waals surface area contributed by atoms with Gasteiger partial charge in [0.25, 0.3) is 0 Å². The Morgan fingerprint density at radius 2 is 1.83 bits per heavy atom. The fourth-order valence-corrected chi connectivity index (χ4v) is 0.918. The van der Waals surface area contributed by atoms with Gasteiger partial charge in [-0.25, -0.2) is 8.78 Å². The van der Waals surface area contributed by atoms with E-state index in [4.69, 9.17) is 0 Å². The Labute approximate surface area is 69.0 Å². The van der Waals surface area contributed by atoms with E-state index in [-0.39, 0.29) is 11.1 Å². The number of rotatable bonds is 1. The molecule has 1 aromatic rings. The molecule has 12 heavy (non-hydrogen) atoms. The summed E-state index contributed by atoms with van der Waals surface area (Å²) in [4.78, 5) is 10.7. The molecule has 1 aromatic carbocycles. The molecule has 0 atom stereocenters. The highest BCUT2D eigenvalue weighted by molar-refractivity contribution is 5.94. The molecule has 0 aliphatic heterocycles. The molecule has 0 aliphatic rings. The van der Waals surface area contributed by atoms with Crippen molar-refractivity contribution in [2.45, 2.75) is 13.8 Å². The SMILES string of the molecule is CC(=O)c1ccc(C)c(F)c1F. The molecule has 0 aliphatic carbocycles. The molecule has 0 amide bonds. The molecule has 0 saturated heterocycles. The fourth-order valence-electron chi connectivity index (χ4n) is 0.918. The van der Waals surface area contributed by atoms with Gasteiger partial charge in [0.05, 0.1) is 5.56 Å². The molecule has 1 rings (SSSR count). The Bertz CT molecular complexity index is 332. The second-order valence-corrected chi connectivity index (χ2v) is 2.61. The van der Waals surface area contributed by atoms with E-state index in [1.54, 1.807) is 0 Å². The van der Waals surface area contributed by atoms with Crippen LogP contribution in [0.5, 0.6) is 0 Å². The van der Waals surface area contributed by atoms with Crippen molar-refractivity contribution >= 4 is 5.78 Å². The standard InChI is InChI=1S/C9H8F2O/c1-5-3-4-7(6(2)12)9(11)8(5)10/h3-4H,1-2H3. The van der Waals surface area contributed by atoms with Crippen molar-refractivity contribution in [1.82, 2.24) is 0 Å². The second-order valence-electron chi connectivity index (χ2n) is 2.61. The number of carbonyl (C=O) groups excluding carboxylic acids is 1. The molecule has 0 N–H and O–H groups in total. The van der Waals surface area contributed by atoms with Crippen LogP contribution < -0.4 is 0 Å². The predicted molar refractivity (Wildman–Crippen MR) is 41.1 cm³/mol. The van der Waals surface area contributed by atoms with E-state index in [2.05, 4.69) is 0 Å². The minimum atomic E-state index is -1.05. The van der Waals surface area contributed by atoms with Crippen molar-refractivity contribution in [2.24, 2.45) is 0 Å². The largest absolute Gasteiger partial charge is 0.294 e. The van der Waals surface area contributed by atoms with E-state index in [9.17, 15) is 13.6 Å². The third-order valence-corrected chi connectivity index (χ3v) is 1.65. The van der Waals surface area contributed by atoms with Gasteiger partial charge < -0.3 is 0 Å². The quantitative estimate of drug-likeness (QED) is 0.592. The normalized spacial score (nSPS) is 10.0. The van der Waals surface area contributed by atoms with E-state index in [0.29, 0.717) is 0 Å². The van der Waals surface area contributed by atoms with E-state index in [0.717, 1.165) is 0 Å². The lowest BCUT2D eigenvalue weighted by molar-refractivity contribution is 0.101. The van der Waals surface area contributed by atoms with Crippen molar-refractivity contribution in [2.75, 3.05) is 0 Å². The number of ketones is 1. The van der Waals surface area contributed by atoms with Gasteiger partial charge in [-0.15, -0.1) is 0 Å². The van der Waals surface area contributed by atoms with Gasteiger partial charge >= 0.3 is 0 Å². The number of aryl methyl sites for hydroxylation is 1. The second kappa shape index (κ2) is 3.01. The maximum atomic E-state index is 12.9. The summed E-state index contributed by atoms with van der Waals surface area (Å²) in [7, 11) is 0. The molecule has 0 bridgehead atoms. The zero-order chi connectivity index (χ0) is 9.30. The molecule has 0 saturated carbocycles. The molecule has 0 unspecified atom stereocenters. The summed E-state index contributed by atoms with van der Waals surface area (Å²) in [6.45, 7) is 2.65. The van der Waals surface area contributed by atoms with Crippen LogP contribution in [0.4, 0.5) is 8.78 Å². The summed E-state index contributed by atoms with van der Waals surface area (Å²) in [6.07, 6.45) is 0. The van der Waals surface area contributed by atoms with Crippen molar-refractivity contribution in [3.8, 4) is 0 Å². The lowest BCUT2D eigenvalue weighted by atomic mass is 10.1. The Hall–Kier alpha value is -1.25. The Kier molecular flexibility index (Phi) is 2.22. The van der Waals surface area contributed by atoms with Crippen LogP contribution >= 0.6 is 0 Å². The Balaban J connectivity index is 3.36. The average molecular weight is 170 g/mol. The summed E-state index contributed by atoms with van der Waals surface area (Å²) in [5, 5.41) is 0. The molecule has 1 nitrogen and oxygen atoms in total. The molecule has 64 valence electrons. The minimum Gasteiger partial charge on any atom is -0.294 e. The van der Waals surface area contributed by atoms with Gasteiger partial charge in [0.2, 0.25) is 0 Å². The molecule has 0 heterocycles. The molecule has 0 fully saturated rings. The van der Waals surface area contributed by atoms with Crippen LogP contribution in [0.1, 0.15) is 22.8 Å². The van der Waals surface area contributed by atoms with E-state index >= 15 is 0 Å². The highest BCUT2D eigenvalue weighted by atomic mass is 19.2. The van der Waals surface area contributed by atoms with Crippen LogP contribution in [0.25, 0.3) is 0 Å². The first-order chi connectivity index (χ1) is 5.54. The van der Waals surface area contributed by atoms with Crippen molar-refractivity contribution < 1.29 is 13.6 Å². The van der Waals surface area contributed by atoms with Gasteiger partial charge in [-0.2, -0.15) is 0 Å². The monoisotopic (exact) mass is 170 g/mol. The van der Waals surface area contributed by atoms with Gasteiger partial charge in [0.15, 0.2) is 17.4 Å². The first-order valence-electron chi connectivity index (χ1n) is 3.49. The fraction of sp³-hybridized carbons (Fsp3) is 0.222. The maximum absolute atomic E-state index is 12.9. The topological polar surface area (TPSA) is 17.1 Å². The van der Waals surface area contributed by atoms with Crippen LogP contribution in [0.2, 0.25) is 0 Å². The smallest absolute Gasteiger partial charge is 0.169 e. The predicted octanol–water partition coefficient (Wildman–Crippen LogP) is 2.48. The molecule has 0 spiro atoms. The highest BCUT2D eigenvalue weighted by Gasteiger charge is 2.13.